The quantitative estimate of drug-likeness (QED) is 0.900. The molecule has 1 aliphatic heterocycles. The second-order valence-corrected chi connectivity index (χ2v) is 9.14. The second-order valence-electron chi connectivity index (χ2n) is 5.93. The summed E-state index contributed by atoms with van der Waals surface area (Å²) >= 11 is 1.71. The molecule has 1 unspecified atom stereocenters. The molecule has 4 nitrogen and oxygen atoms in total. The molecule has 2 N–H and O–H groups in total. The molecule has 2 heterocycles. The molecular weight excluding hydrogens is 292 g/mol. The van der Waals surface area contributed by atoms with Crippen LogP contribution in [-0.2, 0) is 16.4 Å². The molecule has 0 bridgehead atoms. The number of hydrogen-bond acceptors (Lipinski definition) is 5. The lowest BCUT2D eigenvalue weighted by Gasteiger charge is -2.47. The van der Waals surface area contributed by atoms with Crippen LogP contribution in [0.15, 0.2) is 17.5 Å². The highest BCUT2D eigenvalue weighted by molar-refractivity contribution is 7.91. The van der Waals surface area contributed by atoms with Gasteiger partial charge in [0.1, 0.15) is 0 Å². The van der Waals surface area contributed by atoms with Gasteiger partial charge in [0, 0.05) is 29.5 Å². The van der Waals surface area contributed by atoms with Crippen LogP contribution in [0, 0.1) is 0 Å². The molecule has 0 aliphatic carbocycles. The molecule has 1 aliphatic rings. The lowest BCUT2D eigenvalue weighted by Crippen LogP contribution is -2.61. The van der Waals surface area contributed by atoms with Crippen molar-refractivity contribution in [2.75, 3.05) is 18.1 Å². The fraction of sp³-hybridized carbons (Fsp3) is 0.714. The summed E-state index contributed by atoms with van der Waals surface area (Å²) in [6, 6.07) is 4.40. The van der Waals surface area contributed by atoms with Crippen molar-refractivity contribution >= 4 is 21.2 Å². The van der Waals surface area contributed by atoms with E-state index in [1.54, 1.807) is 11.3 Å². The smallest absolute Gasteiger partial charge is 0.152 e. The van der Waals surface area contributed by atoms with Crippen LogP contribution in [0.3, 0.4) is 0 Å². The largest absolute Gasteiger partial charge is 0.329 e. The van der Waals surface area contributed by atoms with E-state index in [9.17, 15) is 8.42 Å². The number of nitrogens with two attached hydrogens (primary N) is 1. The zero-order chi connectivity index (χ0) is 14.8. The predicted octanol–water partition coefficient (Wildman–Crippen LogP) is 1.86. The molecule has 1 atom stereocenters. The third kappa shape index (κ3) is 3.42. The zero-order valence-corrected chi connectivity index (χ0v) is 13.8. The van der Waals surface area contributed by atoms with E-state index in [2.05, 4.69) is 30.2 Å². The lowest BCUT2D eigenvalue weighted by atomic mass is 9.91. The van der Waals surface area contributed by atoms with Gasteiger partial charge in [0.2, 0.25) is 0 Å². The first-order valence-corrected chi connectivity index (χ1v) is 9.78. The van der Waals surface area contributed by atoms with Crippen LogP contribution in [0.1, 0.15) is 31.6 Å². The maximum atomic E-state index is 12.1. The summed E-state index contributed by atoms with van der Waals surface area (Å²) in [6.45, 7) is 5.41. The third-order valence-electron chi connectivity index (χ3n) is 4.10. The minimum atomic E-state index is -2.98. The van der Waals surface area contributed by atoms with Crippen molar-refractivity contribution in [3.05, 3.63) is 22.4 Å². The van der Waals surface area contributed by atoms with Crippen molar-refractivity contribution in [2.24, 2.45) is 5.73 Å². The van der Waals surface area contributed by atoms with Gasteiger partial charge in [-0.3, -0.25) is 4.90 Å². The molecule has 1 aromatic heterocycles. The molecule has 0 amide bonds. The van der Waals surface area contributed by atoms with E-state index in [1.165, 1.54) is 4.88 Å². The van der Waals surface area contributed by atoms with Gasteiger partial charge in [0.15, 0.2) is 9.84 Å². The summed E-state index contributed by atoms with van der Waals surface area (Å²) in [4.78, 5) is 3.55. The molecule has 0 aromatic carbocycles. The standard InChI is InChI=1S/C14H24N2O2S2/c1-12(2)16(9-13-5-3-7-19-13)14(10-15)6-4-8-20(17,18)11-14/h3,5,7,12H,4,6,8-11,15H2,1-2H3. The van der Waals surface area contributed by atoms with Crippen molar-refractivity contribution in [1.82, 2.24) is 4.90 Å². The highest BCUT2D eigenvalue weighted by Crippen LogP contribution is 2.32. The van der Waals surface area contributed by atoms with E-state index in [1.807, 2.05) is 6.07 Å². The molecule has 0 spiro atoms. The van der Waals surface area contributed by atoms with Gasteiger partial charge in [-0.15, -0.1) is 11.3 Å². The fourth-order valence-corrected chi connectivity index (χ4v) is 5.83. The minimum absolute atomic E-state index is 0.194. The molecule has 6 heteroatoms. The zero-order valence-electron chi connectivity index (χ0n) is 12.2. The van der Waals surface area contributed by atoms with Crippen LogP contribution in [0.4, 0.5) is 0 Å². The van der Waals surface area contributed by atoms with Gasteiger partial charge >= 0.3 is 0 Å². The third-order valence-corrected chi connectivity index (χ3v) is 6.85. The average molecular weight is 316 g/mol. The van der Waals surface area contributed by atoms with Crippen LogP contribution in [0.25, 0.3) is 0 Å². The summed E-state index contributed by atoms with van der Waals surface area (Å²) in [5, 5.41) is 2.06. The molecule has 0 radical (unpaired) electrons. The molecule has 0 saturated carbocycles. The SMILES string of the molecule is CC(C)N(Cc1cccs1)C1(CN)CCCS(=O)(=O)C1. The minimum Gasteiger partial charge on any atom is -0.329 e. The molecule has 1 saturated heterocycles. The first-order valence-electron chi connectivity index (χ1n) is 7.08. The van der Waals surface area contributed by atoms with Crippen LogP contribution in [-0.4, -0.2) is 42.9 Å². The number of thiophene rings is 1. The number of sulfone groups is 1. The lowest BCUT2D eigenvalue weighted by molar-refractivity contribution is 0.0600. The van der Waals surface area contributed by atoms with Gasteiger partial charge in [-0.05, 0) is 38.1 Å². The van der Waals surface area contributed by atoms with E-state index in [0.29, 0.717) is 18.7 Å². The Labute approximate surface area is 125 Å². The summed E-state index contributed by atoms with van der Waals surface area (Å²) < 4.78 is 24.1. The molecular formula is C14H24N2O2S2. The normalized spacial score (nSPS) is 26.2. The van der Waals surface area contributed by atoms with E-state index in [4.69, 9.17) is 5.73 Å². The van der Waals surface area contributed by atoms with E-state index in [0.717, 1.165) is 13.0 Å². The Morgan fingerprint density at radius 3 is 2.75 bits per heavy atom. The first-order chi connectivity index (χ1) is 9.38. The van der Waals surface area contributed by atoms with Crippen LogP contribution < -0.4 is 5.73 Å². The molecule has 114 valence electrons. The van der Waals surface area contributed by atoms with Crippen LogP contribution in [0.2, 0.25) is 0 Å². The van der Waals surface area contributed by atoms with Gasteiger partial charge in [-0.25, -0.2) is 8.42 Å². The molecule has 2 rings (SSSR count). The Balaban J connectivity index is 2.29. The predicted molar refractivity (Wildman–Crippen MR) is 84.7 cm³/mol. The number of nitrogens with zero attached hydrogens (tertiary/aromatic N) is 1. The summed E-state index contributed by atoms with van der Waals surface area (Å²) in [7, 11) is -2.98. The van der Waals surface area contributed by atoms with E-state index < -0.39 is 15.4 Å². The highest BCUT2D eigenvalue weighted by atomic mass is 32.2. The molecule has 1 aromatic rings. The topological polar surface area (TPSA) is 63.4 Å². The Kier molecular flexibility index (Phi) is 4.89. The summed E-state index contributed by atoms with van der Waals surface area (Å²) in [6.07, 6.45) is 1.58. The van der Waals surface area contributed by atoms with Gasteiger partial charge in [0.25, 0.3) is 0 Å². The first kappa shape index (κ1) is 15.9. The maximum absolute atomic E-state index is 12.1. The monoisotopic (exact) mass is 316 g/mol. The van der Waals surface area contributed by atoms with Crippen molar-refractivity contribution in [1.29, 1.82) is 0 Å². The summed E-state index contributed by atoms with van der Waals surface area (Å²) in [5.41, 5.74) is 5.62. The second kappa shape index (κ2) is 6.13. The Hall–Kier alpha value is -0.430. The molecule has 20 heavy (non-hydrogen) atoms. The Morgan fingerprint density at radius 1 is 1.50 bits per heavy atom. The van der Waals surface area contributed by atoms with E-state index >= 15 is 0 Å². The Morgan fingerprint density at radius 2 is 2.25 bits per heavy atom. The van der Waals surface area contributed by atoms with Gasteiger partial charge < -0.3 is 5.73 Å². The van der Waals surface area contributed by atoms with Crippen LogP contribution in [0.5, 0.6) is 0 Å². The average Bonchev–Trinajstić information content (AvgIpc) is 2.87. The van der Waals surface area contributed by atoms with Gasteiger partial charge in [0.05, 0.1) is 11.5 Å². The maximum Gasteiger partial charge on any atom is 0.152 e. The number of rotatable bonds is 5. The van der Waals surface area contributed by atoms with E-state index in [-0.39, 0.29) is 11.8 Å². The van der Waals surface area contributed by atoms with Crippen molar-refractivity contribution in [3.8, 4) is 0 Å². The van der Waals surface area contributed by atoms with Crippen molar-refractivity contribution < 1.29 is 8.42 Å². The van der Waals surface area contributed by atoms with Gasteiger partial charge in [-0.1, -0.05) is 6.07 Å². The van der Waals surface area contributed by atoms with Gasteiger partial charge in [-0.2, -0.15) is 0 Å². The fourth-order valence-electron chi connectivity index (χ4n) is 3.15. The van der Waals surface area contributed by atoms with Crippen molar-refractivity contribution in [2.45, 2.75) is 44.8 Å². The molecule has 1 fully saturated rings. The highest BCUT2D eigenvalue weighted by Gasteiger charge is 2.43. The van der Waals surface area contributed by atoms with Crippen molar-refractivity contribution in [3.63, 3.8) is 0 Å². The number of hydrogen-bond donors (Lipinski definition) is 1. The van der Waals surface area contributed by atoms with Crippen LogP contribution >= 0.6 is 11.3 Å². The Bertz CT molecular complexity index is 525. The summed E-state index contributed by atoms with van der Waals surface area (Å²) in [5.74, 6) is 0.500.